The van der Waals surface area contributed by atoms with Gasteiger partial charge in [0, 0.05) is 43.7 Å². The van der Waals surface area contributed by atoms with Crippen molar-refractivity contribution in [2.24, 2.45) is 5.92 Å². The first-order valence-electron chi connectivity index (χ1n) is 9.29. The number of likely N-dealkylation sites (tertiary alicyclic amines) is 1. The number of halogens is 1. The van der Waals surface area contributed by atoms with E-state index in [2.05, 4.69) is 24.3 Å². The zero-order valence-corrected chi connectivity index (χ0v) is 15.7. The van der Waals surface area contributed by atoms with E-state index in [0.29, 0.717) is 12.5 Å². The Kier molecular flexibility index (Phi) is 5.71. The van der Waals surface area contributed by atoms with Crippen molar-refractivity contribution in [2.45, 2.75) is 45.2 Å². The van der Waals surface area contributed by atoms with E-state index in [4.69, 9.17) is 0 Å². The fourth-order valence-electron chi connectivity index (χ4n) is 3.74. The number of nitrogens with one attached hydrogen (secondary N) is 1. The third kappa shape index (κ3) is 3.96. The highest BCUT2D eigenvalue weighted by atomic mass is 19.1. The van der Waals surface area contributed by atoms with Crippen molar-refractivity contribution in [1.82, 2.24) is 20.0 Å². The SMILES string of the molecule is CCC[C@H](C)NC[C@@H]1CC(=O)N(C)[C@H]1c1cnn(-c2ccc(F)cc2)c1. The molecule has 1 saturated heterocycles. The highest BCUT2D eigenvalue weighted by Gasteiger charge is 2.39. The fourth-order valence-corrected chi connectivity index (χ4v) is 3.74. The molecule has 0 saturated carbocycles. The van der Waals surface area contributed by atoms with E-state index in [1.807, 2.05) is 24.3 Å². The van der Waals surface area contributed by atoms with Gasteiger partial charge >= 0.3 is 0 Å². The summed E-state index contributed by atoms with van der Waals surface area (Å²) in [7, 11) is 1.86. The lowest BCUT2D eigenvalue weighted by Crippen LogP contribution is -2.33. The highest BCUT2D eigenvalue weighted by Crippen LogP contribution is 2.36. The van der Waals surface area contributed by atoms with Gasteiger partial charge in [-0.15, -0.1) is 0 Å². The molecular formula is C20H27FN4O. The molecule has 6 heteroatoms. The Balaban J connectivity index is 1.76. The number of nitrogens with zero attached hydrogens (tertiary/aromatic N) is 3. The summed E-state index contributed by atoms with van der Waals surface area (Å²) in [6, 6.07) is 6.69. The van der Waals surface area contributed by atoms with Crippen molar-refractivity contribution in [3.05, 3.63) is 48.0 Å². The Hall–Kier alpha value is -2.21. The van der Waals surface area contributed by atoms with Crippen LogP contribution in [0, 0.1) is 11.7 Å². The minimum absolute atomic E-state index is 0.0121. The largest absolute Gasteiger partial charge is 0.338 e. The van der Waals surface area contributed by atoms with Crippen molar-refractivity contribution in [1.29, 1.82) is 0 Å². The average Bonchev–Trinajstić information content (AvgIpc) is 3.19. The number of hydrogen-bond donors (Lipinski definition) is 1. The van der Waals surface area contributed by atoms with Gasteiger partial charge in [-0.25, -0.2) is 9.07 Å². The molecular weight excluding hydrogens is 331 g/mol. The summed E-state index contributed by atoms with van der Waals surface area (Å²) in [5.41, 5.74) is 1.81. The van der Waals surface area contributed by atoms with Gasteiger partial charge in [0.05, 0.1) is 17.9 Å². The van der Waals surface area contributed by atoms with Crippen LogP contribution in [-0.2, 0) is 4.79 Å². The van der Waals surface area contributed by atoms with E-state index in [0.717, 1.165) is 30.6 Å². The monoisotopic (exact) mass is 358 g/mol. The van der Waals surface area contributed by atoms with E-state index in [1.165, 1.54) is 12.1 Å². The van der Waals surface area contributed by atoms with Gasteiger partial charge in [-0.2, -0.15) is 5.10 Å². The van der Waals surface area contributed by atoms with Gasteiger partial charge < -0.3 is 10.2 Å². The molecule has 0 aliphatic carbocycles. The normalized spacial score (nSPS) is 21.4. The number of rotatable bonds is 7. The number of aromatic nitrogens is 2. The summed E-state index contributed by atoms with van der Waals surface area (Å²) in [5.74, 6) is 0.117. The quantitative estimate of drug-likeness (QED) is 0.826. The lowest BCUT2D eigenvalue weighted by molar-refractivity contribution is -0.127. The third-order valence-electron chi connectivity index (χ3n) is 5.18. The van der Waals surface area contributed by atoms with Crippen molar-refractivity contribution >= 4 is 5.91 Å². The number of carbonyl (C=O) groups is 1. The molecule has 1 aliphatic heterocycles. The van der Waals surface area contributed by atoms with E-state index in [1.54, 1.807) is 16.8 Å². The Labute approximate surface area is 154 Å². The molecule has 1 fully saturated rings. The molecule has 2 aromatic rings. The Bertz CT molecular complexity index is 743. The predicted molar refractivity (Wildman–Crippen MR) is 99.5 cm³/mol. The van der Waals surface area contributed by atoms with Crippen LogP contribution in [0.25, 0.3) is 5.69 Å². The standard InChI is InChI=1S/C20H27FN4O/c1-4-5-14(2)22-11-15-10-19(26)24(3)20(15)16-12-23-25(13-16)18-8-6-17(21)7-9-18/h6-9,12-15,20,22H,4-5,10-11H2,1-3H3/t14-,15-,20+/m0/s1. The van der Waals surface area contributed by atoms with Gasteiger partial charge in [0.25, 0.3) is 0 Å². The molecule has 5 nitrogen and oxygen atoms in total. The molecule has 0 spiro atoms. The molecule has 0 unspecified atom stereocenters. The van der Waals surface area contributed by atoms with Crippen molar-refractivity contribution in [2.75, 3.05) is 13.6 Å². The predicted octanol–water partition coefficient (Wildman–Crippen LogP) is 3.31. The van der Waals surface area contributed by atoms with E-state index in [9.17, 15) is 9.18 Å². The number of hydrogen-bond acceptors (Lipinski definition) is 3. The van der Waals surface area contributed by atoms with Gasteiger partial charge in [-0.1, -0.05) is 13.3 Å². The molecule has 140 valence electrons. The van der Waals surface area contributed by atoms with Crippen LogP contribution in [0.15, 0.2) is 36.7 Å². The van der Waals surface area contributed by atoms with Crippen LogP contribution in [0.1, 0.15) is 44.7 Å². The number of amides is 1. The molecule has 1 aromatic carbocycles. The summed E-state index contributed by atoms with van der Waals surface area (Å²) in [6.45, 7) is 5.17. The van der Waals surface area contributed by atoms with Crippen LogP contribution in [0.2, 0.25) is 0 Å². The molecule has 0 radical (unpaired) electrons. The van der Waals surface area contributed by atoms with Crippen molar-refractivity contribution in [3.63, 3.8) is 0 Å². The van der Waals surface area contributed by atoms with E-state index in [-0.39, 0.29) is 23.7 Å². The fraction of sp³-hybridized carbons (Fsp3) is 0.500. The van der Waals surface area contributed by atoms with Gasteiger partial charge in [0.1, 0.15) is 5.82 Å². The first-order valence-corrected chi connectivity index (χ1v) is 9.29. The van der Waals surface area contributed by atoms with E-state index < -0.39 is 0 Å². The summed E-state index contributed by atoms with van der Waals surface area (Å²) < 4.78 is 14.9. The lowest BCUT2D eigenvalue weighted by Gasteiger charge is -2.25. The van der Waals surface area contributed by atoms with Gasteiger partial charge in [0.15, 0.2) is 0 Å². The van der Waals surface area contributed by atoms with Crippen LogP contribution in [-0.4, -0.2) is 40.2 Å². The second kappa shape index (κ2) is 7.99. The number of carbonyl (C=O) groups excluding carboxylic acids is 1. The maximum absolute atomic E-state index is 13.1. The van der Waals surface area contributed by atoms with Crippen LogP contribution in [0.5, 0.6) is 0 Å². The van der Waals surface area contributed by atoms with Crippen LogP contribution in [0.3, 0.4) is 0 Å². The molecule has 3 atom stereocenters. The first-order chi connectivity index (χ1) is 12.5. The van der Waals surface area contributed by atoms with Gasteiger partial charge in [0.2, 0.25) is 5.91 Å². The molecule has 1 amide bonds. The van der Waals surface area contributed by atoms with Gasteiger partial charge in [-0.3, -0.25) is 4.79 Å². The first kappa shape index (κ1) is 18.6. The van der Waals surface area contributed by atoms with Crippen LogP contribution in [0.4, 0.5) is 4.39 Å². The Morgan fingerprint density at radius 1 is 1.35 bits per heavy atom. The number of benzene rings is 1. The Morgan fingerprint density at radius 2 is 2.08 bits per heavy atom. The molecule has 1 N–H and O–H groups in total. The summed E-state index contributed by atoms with van der Waals surface area (Å²) >= 11 is 0. The minimum atomic E-state index is -0.269. The topological polar surface area (TPSA) is 50.2 Å². The second-order valence-corrected chi connectivity index (χ2v) is 7.21. The van der Waals surface area contributed by atoms with Gasteiger partial charge in [-0.05, 0) is 37.6 Å². The maximum Gasteiger partial charge on any atom is 0.223 e. The molecule has 26 heavy (non-hydrogen) atoms. The van der Waals surface area contributed by atoms with E-state index >= 15 is 0 Å². The average molecular weight is 358 g/mol. The molecule has 0 bridgehead atoms. The molecule has 2 heterocycles. The van der Waals surface area contributed by atoms with Crippen molar-refractivity contribution < 1.29 is 9.18 Å². The lowest BCUT2D eigenvalue weighted by atomic mass is 9.95. The maximum atomic E-state index is 13.1. The molecule has 1 aromatic heterocycles. The van der Waals surface area contributed by atoms with Crippen LogP contribution < -0.4 is 5.32 Å². The third-order valence-corrected chi connectivity index (χ3v) is 5.18. The second-order valence-electron chi connectivity index (χ2n) is 7.21. The minimum Gasteiger partial charge on any atom is -0.338 e. The zero-order chi connectivity index (χ0) is 18.7. The van der Waals surface area contributed by atoms with Crippen LogP contribution >= 0.6 is 0 Å². The summed E-state index contributed by atoms with van der Waals surface area (Å²) in [5, 5.41) is 7.98. The molecule has 3 rings (SSSR count). The summed E-state index contributed by atoms with van der Waals surface area (Å²) in [4.78, 5) is 14.1. The smallest absolute Gasteiger partial charge is 0.223 e. The Morgan fingerprint density at radius 3 is 2.77 bits per heavy atom. The summed E-state index contributed by atoms with van der Waals surface area (Å²) in [6.07, 6.45) is 6.57. The van der Waals surface area contributed by atoms with Crippen molar-refractivity contribution in [3.8, 4) is 5.69 Å². The molecule has 1 aliphatic rings. The zero-order valence-electron chi connectivity index (χ0n) is 15.7. The highest BCUT2D eigenvalue weighted by molar-refractivity contribution is 5.79.